The van der Waals surface area contributed by atoms with Crippen LogP contribution in [0.5, 0.6) is 0 Å². The summed E-state index contributed by atoms with van der Waals surface area (Å²) in [6.45, 7) is 4.31. The van der Waals surface area contributed by atoms with Crippen LogP contribution in [-0.2, 0) is 0 Å². The van der Waals surface area contributed by atoms with Crippen LogP contribution in [-0.4, -0.2) is 15.0 Å². The molecule has 0 aliphatic heterocycles. The maximum atomic E-state index is 6.07. The van der Waals surface area contributed by atoms with Gasteiger partial charge in [-0.2, -0.15) is 15.0 Å². The predicted molar refractivity (Wildman–Crippen MR) is 67.7 cm³/mol. The Kier molecular flexibility index (Phi) is 3.54. The molecule has 2 N–H and O–H groups in total. The number of hydrogen-bond donors (Lipinski definition) is 1. The highest BCUT2D eigenvalue weighted by molar-refractivity contribution is 5.28. The zero-order chi connectivity index (χ0) is 12.3. The van der Waals surface area contributed by atoms with E-state index in [1.807, 2.05) is 30.3 Å². The molecule has 17 heavy (non-hydrogen) atoms. The Balaban J connectivity index is 2.16. The quantitative estimate of drug-likeness (QED) is 0.876. The zero-order valence-electron chi connectivity index (χ0n) is 10.2. The number of benzene rings is 1. The fourth-order valence-corrected chi connectivity index (χ4v) is 1.76. The van der Waals surface area contributed by atoms with Gasteiger partial charge in [-0.25, -0.2) is 0 Å². The molecule has 1 atom stereocenters. The average Bonchev–Trinajstić information content (AvgIpc) is 2.78. The topological polar surface area (TPSA) is 56.7 Å². The maximum absolute atomic E-state index is 6.07. The number of rotatable bonds is 4. The molecule has 4 heteroatoms. The van der Waals surface area contributed by atoms with Gasteiger partial charge in [0.05, 0.1) is 23.6 Å². The molecule has 1 unspecified atom stereocenters. The second kappa shape index (κ2) is 5.10. The van der Waals surface area contributed by atoms with Crippen LogP contribution in [0, 0.1) is 5.92 Å². The lowest BCUT2D eigenvalue weighted by Gasteiger charge is -2.10. The molecule has 4 nitrogen and oxygen atoms in total. The van der Waals surface area contributed by atoms with Crippen molar-refractivity contribution in [1.29, 1.82) is 0 Å². The number of hydrogen-bond acceptors (Lipinski definition) is 3. The fourth-order valence-electron chi connectivity index (χ4n) is 1.76. The Morgan fingerprint density at radius 3 is 2.59 bits per heavy atom. The van der Waals surface area contributed by atoms with Gasteiger partial charge in [0.15, 0.2) is 0 Å². The third-order valence-electron chi connectivity index (χ3n) is 2.60. The second-order valence-electron chi connectivity index (χ2n) is 4.63. The van der Waals surface area contributed by atoms with Crippen molar-refractivity contribution in [2.24, 2.45) is 11.7 Å². The molecule has 0 saturated carbocycles. The van der Waals surface area contributed by atoms with Crippen molar-refractivity contribution in [2.45, 2.75) is 26.3 Å². The molecule has 0 fully saturated rings. The summed E-state index contributed by atoms with van der Waals surface area (Å²) < 4.78 is 0. The third-order valence-corrected chi connectivity index (χ3v) is 2.60. The molecule has 0 bridgehead atoms. The molecule has 1 aromatic carbocycles. The first kappa shape index (κ1) is 11.8. The summed E-state index contributed by atoms with van der Waals surface area (Å²) in [6.07, 6.45) is 2.67. The van der Waals surface area contributed by atoms with Gasteiger partial charge in [0.1, 0.15) is 0 Å². The number of nitrogens with zero attached hydrogens (tertiary/aromatic N) is 3. The molecule has 0 aliphatic rings. The van der Waals surface area contributed by atoms with E-state index in [2.05, 4.69) is 24.0 Å². The van der Waals surface area contributed by atoms with Crippen molar-refractivity contribution >= 4 is 0 Å². The Bertz CT molecular complexity index is 461. The van der Waals surface area contributed by atoms with Crippen LogP contribution in [0.3, 0.4) is 0 Å². The average molecular weight is 230 g/mol. The van der Waals surface area contributed by atoms with E-state index >= 15 is 0 Å². The first-order valence-electron chi connectivity index (χ1n) is 5.90. The molecule has 1 aromatic heterocycles. The van der Waals surface area contributed by atoms with E-state index in [0.29, 0.717) is 5.92 Å². The highest BCUT2D eigenvalue weighted by Crippen LogP contribution is 2.16. The van der Waals surface area contributed by atoms with E-state index in [1.165, 1.54) is 0 Å². The lowest BCUT2D eigenvalue weighted by molar-refractivity contribution is 0.499. The van der Waals surface area contributed by atoms with Crippen LogP contribution in [0.4, 0.5) is 0 Å². The summed E-state index contributed by atoms with van der Waals surface area (Å²) in [6, 6.07) is 9.81. The van der Waals surface area contributed by atoms with Crippen molar-refractivity contribution in [3.8, 4) is 5.69 Å². The van der Waals surface area contributed by atoms with E-state index in [9.17, 15) is 0 Å². The molecule has 1 heterocycles. The van der Waals surface area contributed by atoms with Crippen LogP contribution in [0.2, 0.25) is 0 Å². The monoisotopic (exact) mass is 230 g/mol. The fraction of sp³-hybridized carbons (Fsp3) is 0.385. The van der Waals surface area contributed by atoms with Gasteiger partial charge in [0.25, 0.3) is 0 Å². The normalized spacial score (nSPS) is 12.9. The number of nitrogens with two attached hydrogens (primary N) is 1. The van der Waals surface area contributed by atoms with Gasteiger partial charge in [-0.1, -0.05) is 32.0 Å². The molecule has 0 aliphatic carbocycles. The van der Waals surface area contributed by atoms with Gasteiger partial charge in [-0.05, 0) is 24.5 Å². The molecule has 0 radical (unpaired) electrons. The van der Waals surface area contributed by atoms with E-state index < -0.39 is 0 Å². The summed E-state index contributed by atoms with van der Waals surface area (Å²) in [7, 11) is 0. The summed E-state index contributed by atoms with van der Waals surface area (Å²) in [5.41, 5.74) is 7.88. The minimum atomic E-state index is -0.0348. The SMILES string of the molecule is CC(C)CC(N)c1cnn(-c2ccccc2)n1. The molecule has 0 amide bonds. The van der Waals surface area contributed by atoms with Gasteiger partial charge in [0.2, 0.25) is 0 Å². The molecule has 2 rings (SSSR count). The van der Waals surface area contributed by atoms with Gasteiger partial charge >= 0.3 is 0 Å². The molecule has 2 aromatic rings. The van der Waals surface area contributed by atoms with Crippen molar-refractivity contribution in [2.75, 3.05) is 0 Å². The maximum Gasteiger partial charge on any atom is 0.0998 e. The molecular formula is C13H18N4. The Morgan fingerprint density at radius 2 is 1.94 bits per heavy atom. The lowest BCUT2D eigenvalue weighted by Crippen LogP contribution is -2.14. The van der Waals surface area contributed by atoms with Crippen molar-refractivity contribution < 1.29 is 0 Å². The first-order valence-corrected chi connectivity index (χ1v) is 5.90. The van der Waals surface area contributed by atoms with Crippen molar-refractivity contribution in [3.63, 3.8) is 0 Å². The largest absolute Gasteiger partial charge is 0.323 e. The molecule has 90 valence electrons. The van der Waals surface area contributed by atoms with E-state index in [-0.39, 0.29) is 6.04 Å². The second-order valence-corrected chi connectivity index (χ2v) is 4.63. The highest BCUT2D eigenvalue weighted by atomic mass is 15.5. The number of aromatic nitrogens is 3. The lowest BCUT2D eigenvalue weighted by atomic mass is 10.0. The first-order chi connectivity index (χ1) is 8.16. The van der Waals surface area contributed by atoms with Gasteiger partial charge in [-0.15, -0.1) is 0 Å². The Labute approximate surface area is 101 Å². The van der Waals surface area contributed by atoms with Crippen LogP contribution < -0.4 is 5.73 Å². The summed E-state index contributed by atoms with van der Waals surface area (Å²) in [5, 5.41) is 8.65. The number of para-hydroxylation sites is 1. The zero-order valence-corrected chi connectivity index (χ0v) is 10.2. The van der Waals surface area contributed by atoms with Gasteiger partial charge in [0, 0.05) is 0 Å². The smallest absolute Gasteiger partial charge is 0.0998 e. The van der Waals surface area contributed by atoms with Crippen LogP contribution in [0.1, 0.15) is 32.0 Å². The minimum Gasteiger partial charge on any atom is -0.323 e. The minimum absolute atomic E-state index is 0.0348. The van der Waals surface area contributed by atoms with Gasteiger partial charge in [-0.3, -0.25) is 0 Å². The van der Waals surface area contributed by atoms with E-state index in [4.69, 9.17) is 5.73 Å². The van der Waals surface area contributed by atoms with Crippen LogP contribution in [0.25, 0.3) is 5.69 Å². The van der Waals surface area contributed by atoms with Crippen molar-refractivity contribution in [1.82, 2.24) is 15.0 Å². The molecule has 0 spiro atoms. The third kappa shape index (κ3) is 2.91. The van der Waals surface area contributed by atoms with Crippen molar-refractivity contribution in [3.05, 3.63) is 42.2 Å². The predicted octanol–water partition coefficient (Wildman–Crippen LogP) is 2.31. The summed E-state index contributed by atoms with van der Waals surface area (Å²) >= 11 is 0. The standard InChI is InChI=1S/C13H18N4/c1-10(2)8-12(14)13-9-15-17(16-13)11-6-4-3-5-7-11/h3-7,9-10,12H,8,14H2,1-2H3. The van der Waals surface area contributed by atoms with Gasteiger partial charge < -0.3 is 5.73 Å². The van der Waals surface area contributed by atoms with Crippen LogP contribution >= 0.6 is 0 Å². The van der Waals surface area contributed by atoms with E-state index in [1.54, 1.807) is 11.0 Å². The molecule has 0 saturated heterocycles. The highest BCUT2D eigenvalue weighted by Gasteiger charge is 2.12. The molecular weight excluding hydrogens is 212 g/mol. The summed E-state index contributed by atoms with van der Waals surface area (Å²) in [4.78, 5) is 1.62. The Hall–Kier alpha value is -1.68. The summed E-state index contributed by atoms with van der Waals surface area (Å²) in [5.74, 6) is 0.562. The van der Waals surface area contributed by atoms with Crippen LogP contribution in [0.15, 0.2) is 36.5 Å². The Morgan fingerprint density at radius 1 is 1.24 bits per heavy atom. The van der Waals surface area contributed by atoms with E-state index in [0.717, 1.165) is 17.8 Å².